The molecule has 6 N–H and O–H groups in total. The fourth-order valence-electron chi connectivity index (χ4n) is 8.90. The van der Waals surface area contributed by atoms with Gasteiger partial charge in [-0.25, -0.2) is 0 Å². The van der Waals surface area contributed by atoms with Crippen LogP contribution in [-0.4, -0.2) is 64.6 Å². The van der Waals surface area contributed by atoms with Gasteiger partial charge in [0.25, 0.3) is 0 Å². The van der Waals surface area contributed by atoms with Crippen LogP contribution in [0, 0.1) is 0 Å². The van der Waals surface area contributed by atoms with Crippen molar-refractivity contribution in [3.63, 3.8) is 0 Å². The summed E-state index contributed by atoms with van der Waals surface area (Å²) in [6.07, 6.45) is 1.97. The van der Waals surface area contributed by atoms with Crippen LogP contribution in [0.5, 0.6) is 0 Å². The minimum atomic E-state index is -2.96. The minimum Gasteiger partial charge on any atom is -0.566 e. The second-order valence-electron chi connectivity index (χ2n) is 13.9. The van der Waals surface area contributed by atoms with Gasteiger partial charge in [-0.3, -0.25) is 0 Å². The second kappa shape index (κ2) is 12.2. The molecule has 252 valence electrons. The van der Waals surface area contributed by atoms with Gasteiger partial charge in [-0.1, -0.05) is 110 Å². The van der Waals surface area contributed by atoms with Crippen LogP contribution in [0.3, 0.4) is 0 Å². The monoisotopic (exact) mass is 648 g/mol. The fourth-order valence-corrected chi connectivity index (χ4v) is 8.90. The Hall–Kier alpha value is -3.29. The van der Waals surface area contributed by atoms with Crippen LogP contribution in [0.15, 0.2) is 72.8 Å². The van der Waals surface area contributed by atoms with Gasteiger partial charge in [0.15, 0.2) is 0 Å². The summed E-state index contributed by atoms with van der Waals surface area (Å²) in [5, 5.41) is 69.2. The molecule has 0 saturated heterocycles. The van der Waals surface area contributed by atoms with Crippen LogP contribution >= 0.6 is 0 Å². The Morgan fingerprint density at radius 1 is 0.417 bits per heavy atom. The second-order valence-corrected chi connectivity index (χ2v) is 13.9. The van der Waals surface area contributed by atoms with Gasteiger partial charge in [-0.15, -0.1) is 16.4 Å². The van der Waals surface area contributed by atoms with E-state index in [1.807, 2.05) is 54.6 Å². The van der Waals surface area contributed by atoms with Crippen LogP contribution in [0.1, 0.15) is 70.8 Å². The third-order valence-electron chi connectivity index (χ3n) is 11.4. The Morgan fingerprint density at radius 2 is 0.667 bits per heavy atom. The zero-order chi connectivity index (χ0) is 34.0. The summed E-state index contributed by atoms with van der Waals surface area (Å²) in [7, 11) is 0. The molecule has 3 heterocycles. The highest BCUT2D eigenvalue weighted by atomic mass is 16.4. The molecular formula is C36H45B3N3O6-3. The Morgan fingerprint density at radius 3 is 0.896 bits per heavy atom. The molecule has 0 radical (unpaired) electrons. The van der Waals surface area contributed by atoms with Crippen LogP contribution in [0.25, 0.3) is 0 Å². The van der Waals surface area contributed by atoms with Crippen molar-refractivity contribution >= 4 is 36.4 Å². The molecule has 4 aromatic rings. The number of hydrogen-bond acceptors (Lipinski definition) is 9. The van der Waals surface area contributed by atoms with Gasteiger partial charge in [0, 0.05) is 0 Å². The molecule has 0 amide bonds. The molecule has 0 unspecified atom stereocenters. The molecular weight excluding hydrogens is 603 g/mol. The fraction of sp³-hybridized carbons (Fsp3) is 0.333. The highest BCUT2D eigenvalue weighted by Crippen LogP contribution is 2.37. The van der Waals surface area contributed by atoms with Crippen molar-refractivity contribution in [1.82, 2.24) is 14.4 Å². The summed E-state index contributed by atoms with van der Waals surface area (Å²) < 4.78 is 0. The van der Waals surface area contributed by atoms with E-state index in [4.69, 9.17) is 0 Å². The molecule has 0 fully saturated rings. The summed E-state index contributed by atoms with van der Waals surface area (Å²) >= 11 is 0. The molecule has 3 aliphatic heterocycles. The number of hydrogen-bond donors (Lipinski definition) is 6. The molecule has 48 heavy (non-hydrogen) atoms. The summed E-state index contributed by atoms with van der Waals surface area (Å²) in [5.74, 6) is 0. The Kier molecular flexibility index (Phi) is 8.47. The van der Waals surface area contributed by atoms with Crippen LogP contribution < -0.4 is 16.4 Å². The zero-order valence-electron chi connectivity index (χ0n) is 28.0. The molecule has 12 heteroatoms. The highest BCUT2D eigenvalue weighted by Gasteiger charge is 2.41. The lowest BCUT2D eigenvalue weighted by atomic mass is 9.64. The van der Waals surface area contributed by atoms with E-state index in [1.165, 1.54) is 0 Å². The molecule has 7 rings (SSSR count). The lowest BCUT2D eigenvalue weighted by Crippen LogP contribution is -2.58. The maximum absolute atomic E-state index is 11.5. The predicted molar refractivity (Wildman–Crippen MR) is 191 cm³/mol. The van der Waals surface area contributed by atoms with E-state index in [0.29, 0.717) is 55.3 Å². The standard InChI is InChI=1S/C36H45B3N3O6/c1-4-28-31(22-40-19-25-13-7-10-16-34(25)37(40,43)44)29(5-2)33(24-42-21-27-15-9-12-18-36(27)39(42,47)48)30(6-3)32(28)23-41-20-26-14-8-11-17-35(26)38(41,45)46/h7-18,43-48H,4-6,19-24H2,1-3H3/q-3. The van der Waals surface area contributed by atoms with Gasteiger partial charge in [0.1, 0.15) is 0 Å². The first-order chi connectivity index (χ1) is 22.9. The smallest absolute Gasteiger partial charge is 0.343 e. The SMILES string of the molecule is CCc1c(CN2Cc3ccccc3[B-]2(O)O)c(CC)c(CN2Cc3ccccc3[B-]2(O)O)c(CC)c1CN1Cc2ccccc2[B-]1(O)O. The third-order valence-corrected chi connectivity index (χ3v) is 11.4. The van der Waals surface area contributed by atoms with Crippen molar-refractivity contribution < 1.29 is 30.1 Å². The lowest BCUT2D eigenvalue weighted by Gasteiger charge is -2.42. The molecule has 0 aromatic heterocycles. The van der Waals surface area contributed by atoms with E-state index in [2.05, 4.69) is 20.8 Å². The number of benzene rings is 4. The van der Waals surface area contributed by atoms with Crippen LogP contribution in [0.2, 0.25) is 0 Å². The zero-order valence-corrected chi connectivity index (χ0v) is 28.0. The van der Waals surface area contributed by atoms with E-state index in [1.54, 1.807) is 32.6 Å². The predicted octanol–water partition coefficient (Wildman–Crippen LogP) is 0.813. The summed E-state index contributed by atoms with van der Waals surface area (Å²) in [6.45, 7) is -0.610. The molecule has 0 bridgehead atoms. The molecule has 0 aliphatic carbocycles. The van der Waals surface area contributed by atoms with Crippen molar-refractivity contribution in [2.75, 3.05) is 0 Å². The largest absolute Gasteiger partial charge is 0.566 e. The van der Waals surface area contributed by atoms with Gasteiger partial charge in [0.2, 0.25) is 0 Å². The first-order valence-electron chi connectivity index (χ1n) is 17.4. The lowest BCUT2D eigenvalue weighted by molar-refractivity contribution is 0.244. The average molecular weight is 648 g/mol. The van der Waals surface area contributed by atoms with Crippen molar-refractivity contribution in [3.8, 4) is 0 Å². The maximum atomic E-state index is 11.5. The summed E-state index contributed by atoms with van der Waals surface area (Å²) in [4.78, 5) is 5.23. The molecule has 0 spiro atoms. The van der Waals surface area contributed by atoms with Gasteiger partial charge in [-0.2, -0.15) is 0 Å². The van der Waals surface area contributed by atoms with Crippen molar-refractivity contribution in [2.45, 2.75) is 79.3 Å². The van der Waals surface area contributed by atoms with Crippen molar-refractivity contribution in [1.29, 1.82) is 0 Å². The van der Waals surface area contributed by atoms with Crippen LogP contribution in [0.4, 0.5) is 0 Å². The maximum Gasteiger partial charge on any atom is 0.343 e. The Balaban J connectivity index is 1.38. The number of fused-ring (bicyclic) bond motifs is 3. The first kappa shape index (κ1) is 33.2. The molecule has 9 nitrogen and oxygen atoms in total. The summed E-state index contributed by atoms with van der Waals surface area (Å²) in [5.41, 5.74) is 10.4. The van der Waals surface area contributed by atoms with E-state index in [9.17, 15) is 30.1 Å². The van der Waals surface area contributed by atoms with E-state index in [-0.39, 0.29) is 19.6 Å². The van der Waals surface area contributed by atoms with Gasteiger partial charge in [-0.05, 0) is 91.9 Å². The number of rotatable bonds is 9. The van der Waals surface area contributed by atoms with Crippen molar-refractivity contribution in [3.05, 3.63) is 123 Å². The van der Waals surface area contributed by atoms with E-state index in [0.717, 1.165) is 50.1 Å². The topological polar surface area (TPSA) is 131 Å². The van der Waals surface area contributed by atoms with Gasteiger partial charge < -0.3 is 44.6 Å². The van der Waals surface area contributed by atoms with E-state index >= 15 is 0 Å². The molecule has 4 aromatic carbocycles. The quantitative estimate of drug-likeness (QED) is 0.146. The van der Waals surface area contributed by atoms with Gasteiger partial charge >= 0.3 is 20.1 Å². The Bertz CT molecular complexity index is 1650. The highest BCUT2D eigenvalue weighted by molar-refractivity contribution is 6.78. The van der Waals surface area contributed by atoms with Gasteiger partial charge in [0.05, 0.1) is 0 Å². The first-order valence-corrected chi connectivity index (χ1v) is 17.4. The third kappa shape index (κ3) is 5.19. The average Bonchev–Trinajstić information content (AvgIpc) is 3.59. The molecule has 0 atom stereocenters. The normalized spacial score (nSPS) is 19.4. The Labute approximate surface area is 282 Å². The number of nitrogens with zero attached hydrogens (tertiary/aromatic N) is 3. The van der Waals surface area contributed by atoms with Crippen molar-refractivity contribution in [2.24, 2.45) is 0 Å². The summed E-state index contributed by atoms with van der Waals surface area (Å²) in [6, 6.07) is 22.3. The van der Waals surface area contributed by atoms with Crippen LogP contribution in [-0.2, 0) is 58.5 Å². The minimum absolute atomic E-state index is 0.279. The molecule has 3 aliphatic rings. The van der Waals surface area contributed by atoms with E-state index < -0.39 is 20.1 Å². The molecule has 0 saturated carbocycles.